The van der Waals surface area contributed by atoms with Gasteiger partial charge < -0.3 is 9.59 Å². The lowest BCUT2D eigenvalue weighted by Gasteiger charge is -2.20. The molecule has 0 saturated carbocycles. The summed E-state index contributed by atoms with van der Waals surface area (Å²) >= 11 is 0. The maximum atomic E-state index is 10.8. The Kier molecular flexibility index (Phi) is 8.03. The van der Waals surface area contributed by atoms with Gasteiger partial charge >= 0.3 is 0 Å². The molecule has 0 spiro atoms. The second kappa shape index (κ2) is 8.42. The van der Waals surface area contributed by atoms with Crippen molar-refractivity contribution in [1.29, 1.82) is 0 Å². The zero-order valence-corrected chi connectivity index (χ0v) is 10.7. The minimum absolute atomic E-state index is 0.227. The molecule has 0 aromatic carbocycles. The van der Waals surface area contributed by atoms with Crippen LogP contribution in [0.15, 0.2) is 0 Å². The van der Waals surface area contributed by atoms with E-state index in [4.69, 9.17) is 0 Å². The number of carbonyl (C=O) groups excluding carboxylic acids is 2. The summed E-state index contributed by atoms with van der Waals surface area (Å²) in [5.74, 6) is 0.897. The van der Waals surface area contributed by atoms with E-state index < -0.39 is 0 Å². The van der Waals surface area contributed by atoms with E-state index >= 15 is 0 Å². The smallest absolute Gasteiger partial charge is 0.138 e. The van der Waals surface area contributed by atoms with E-state index in [1.807, 2.05) is 0 Å². The number of aldehydes is 2. The summed E-state index contributed by atoms with van der Waals surface area (Å²) in [4.78, 5) is 21.5. The van der Waals surface area contributed by atoms with Gasteiger partial charge in [0.2, 0.25) is 0 Å². The Morgan fingerprint density at radius 2 is 1.12 bits per heavy atom. The molecule has 0 radical (unpaired) electrons. The Balaban J connectivity index is 3.97. The van der Waals surface area contributed by atoms with Crippen LogP contribution in [-0.2, 0) is 9.59 Å². The summed E-state index contributed by atoms with van der Waals surface area (Å²) in [6.45, 7) is 8.24. The summed E-state index contributed by atoms with van der Waals surface area (Å²) in [5.41, 5.74) is 5.82. The van der Waals surface area contributed by atoms with Gasteiger partial charge in [0.1, 0.15) is 12.6 Å². The van der Waals surface area contributed by atoms with E-state index in [1.165, 1.54) is 0 Å². The van der Waals surface area contributed by atoms with Crippen LogP contribution in [0.25, 0.3) is 0 Å². The lowest BCUT2D eigenvalue weighted by molar-refractivity contribution is -0.112. The van der Waals surface area contributed by atoms with Crippen molar-refractivity contribution in [2.75, 3.05) is 0 Å². The van der Waals surface area contributed by atoms with Gasteiger partial charge in [-0.2, -0.15) is 0 Å². The van der Waals surface area contributed by atoms with Crippen LogP contribution in [0.4, 0.5) is 0 Å². The molecule has 0 rings (SSSR count). The molecule has 0 aliphatic carbocycles. The van der Waals surface area contributed by atoms with E-state index in [2.05, 4.69) is 38.5 Å². The molecule has 2 atom stereocenters. The topological polar surface area (TPSA) is 58.2 Å². The Hall–Kier alpha value is -0.740. The van der Waals surface area contributed by atoms with Crippen LogP contribution in [-0.4, -0.2) is 24.7 Å². The van der Waals surface area contributed by atoms with Gasteiger partial charge in [-0.25, -0.2) is 10.9 Å². The van der Waals surface area contributed by atoms with Gasteiger partial charge in [0.25, 0.3) is 0 Å². The molecule has 0 aliphatic rings. The zero-order chi connectivity index (χ0) is 12.6. The Labute approximate surface area is 98.1 Å². The maximum absolute atomic E-state index is 10.8. The third kappa shape index (κ3) is 7.54. The first kappa shape index (κ1) is 15.3. The van der Waals surface area contributed by atoms with E-state index in [9.17, 15) is 9.59 Å². The first-order valence-corrected chi connectivity index (χ1v) is 5.91. The molecule has 4 nitrogen and oxygen atoms in total. The predicted octanol–water partition coefficient (Wildman–Crippen LogP) is 1.31. The highest BCUT2D eigenvalue weighted by atomic mass is 16.1. The minimum Gasteiger partial charge on any atom is -0.302 e. The van der Waals surface area contributed by atoms with Crippen LogP contribution in [0.1, 0.15) is 40.5 Å². The van der Waals surface area contributed by atoms with Crippen LogP contribution < -0.4 is 10.9 Å². The molecule has 0 saturated heterocycles. The van der Waals surface area contributed by atoms with Gasteiger partial charge in [0.15, 0.2) is 0 Å². The molecule has 16 heavy (non-hydrogen) atoms. The van der Waals surface area contributed by atoms with Crippen molar-refractivity contribution >= 4 is 12.6 Å². The Bertz CT molecular complexity index is 183. The highest BCUT2D eigenvalue weighted by Gasteiger charge is 2.13. The van der Waals surface area contributed by atoms with Crippen LogP contribution in [0.2, 0.25) is 0 Å². The molecule has 0 bridgehead atoms. The first-order chi connectivity index (χ1) is 7.49. The number of nitrogens with one attached hydrogen (secondary N) is 2. The highest BCUT2D eigenvalue weighted by molar-refractivity contribution is 5.59. The van der Waals surface area contributed by atoms with E-state index in [-0.39, 0.29) is 12.1 Å². The van der Waals surface area contributed by atoms with Gasteiger partial charge in [-0.1, -0.05) is 27.7 Å². The van der Waals surface area contributed by atoms with Crippen molar-refractivity contribution in [3.8, 4) is 0 Å². The summed E-state index contributed by atoms with van der Waals surface area (Å²) < 4.78 is 0. The van der Waals surface area contributed by atoms with Crippen molar-refractivity contribution in [1.82, 2.24) is 10.9 Å². The zero-order valence-electron chi connectivity index (χ0n) is 10.7. The number of carbonyl (C=O) groups is 2. The van der Waals surface area contributed by atoms with Crippen molar-refractivity contribution in [3.63, 3.8) is 0 Å². The molecule has 94 valence electrons. The van der Waals surface area contributed by atoms with E-state index in [1.54, 1.807) is 0 Å². The molecule has 4 heteroatoms. The van der Waals surface area contributed by atoms with Crippen molar-refractivity contribution in [2.24, 2.45) is 11.8 Å². The summed E-state index contributed by atoms with van der Waals surface area (Å²) in [5, 5.41) is 0. The summed E-state index contributed by atoms with van der Waals surface area (Å²) in [6, 6.07) is -0.454. The molecule has 0 fully saturated rings. The minimum atomic E-state index is -0.227. The van der Waals surface area contributed by atoms with E-state index in [0.29, 0.717) is 11.8 Å². The number of rotatable bonds is 9. The molecular formula is C12H24N2O2. The first-order valence-electron chi connectivity index (χ1n) is 5.91. The maximum Gasteiger partial charge on any atom is 0.138 e. The SMILES string of the molecule is CC(C)C[C@@H](C=O)NN[C@H](C=O)CC(C)C. The number of hydrogen-bond donors (Lipinski definition) is 2. The fraction of sp³-hybridized carbons (Fsp3) is 0.833. The Morgan fingerprint density at radius 1 is 0.812 bits per heavy atom. The average molecular weight is 228 g/mol. The van der Waals surface area contributed by atoms with Crippen molar-refractivity contribution < 1.29 is 9.59 Å². The fourth-order valence-corrected chi connectivity index (χ4v) is 1.53. The second-order valence-corrected chi connectivity index (χ2v) is 5.03. The normalized spacial score (nSPS) is 15.1. The molecule has 0 aromatic rings. The standard InChI is InChI=1S/C12H24N2O2/c1-9(2)5-11(7-15)13-14-12(8-16)6-10(3)4/h7-14H,5-6H2,1-4H3/t11-,12-/m0/s1. The molecule has 0 aliphatic heterocycles. The molecule has 0 aromatic heterocycles. The van der Waals surface area contributed by atoms with Gasteiger partial charge in [0, 0.05) is 0 Å². The molecule has 0 heterocycles. The third-order valence-corrected chi connectivity index (χ3v) is 2.23. The monoisotopic (exact) mass is 228 g/mol. The van der Waals surface area contributed by atoms with Crippen molar-refractivity contribution in [2.45, 2.75) is 52.6 Å². The quantitative estimate of drug-likeness (QED) is 0.461. The van der Waals surface area contributed by atoms with Gasteiger partial charge in [-0.3, -0.25) is 0 Å². The largest absolute Gasteiger partial charge is 0.302 e. The lowest BCUT2D eigenvalue weighted by Crippen LogP contribution is -2.48. The Morgan fingerprint density at radius 3 is 1.31 bits per heavy atom. The second-order valence-electron chi connectivity index (χ2n) is 5.03. The average Bonchev–Trinajstić information content (AvgIpc) is 2.20. The van der Waals surface area contributed by atoms with Crippen LogP contribution in [0.5, 0.6) is 0 Å². The highest BCUT2D eigenvalue weighted by Crippen LogP contribution is 2.04. The van der Waals surface area contributed by atoms with Crippen molar-refractivity contribution in [3.05, 3.63) is 0 Å². The fourth-order valence-electron chi connectivity index (χ4n) is 1.53. The molecule has 2 N–H and O–H groups in total. The predicted molar refractivity (Wildman–Crippen MR) is 64.9 cm³/mol. The van der Waals surface area contributed by atoms with Crippen LogP contribution in [0.3, 0.4) is 0 Å². The molecular weight excluding hydrogens is 204 g/mol. The van der Waals surface area contributed by atoms with Gasteiger partial charge in [-0.05, 0) is 24.7 Å². The summed E-state index contributed by atoms with van der Waals surface area (Å²) in [6.07, 6.45) is 3.29. The third-order valence-electron chi connectivity index (χ3n) is 2.23. The molecule has 0 unspecified atom stereocenters. The molecule has 0 amide bonds. The van der Waals surface area contributed by atoms with E-state index in [0.717, 1.165) is 25.4 Å². The van der Waals surface area contributed by atoms with Crippen LogP contribution >= 0.6 is 0 Å². The number of hydrazine groups is 1. The van der Waals surface area contributed by atoms with Gasteiger partial charge in [0.05, 0.1) is 12.1 Å². The summed E-state index contributed by atoms with van der Waals surface area (Å²) in [7, 11) is 0. The number of hydrogen-bond acceptors (Lipinski definition) is 4. The van der Waals surface area contributed by atoms with Gasteiger partial charge in [-0.15, -0.1) is 0 Å². The lowest BCUT2D eigenvalue weighted by atomic mass is 10.0. The van der Waals surface area contributed by atoms with Crippen LogP contribution in [0, 0.1) is 11.8 Å².